The molecule has 2 aromatic carbocycles. The van der Waals surface area contributed by atoms with Crippen LogP contribution in [-0.4, -0.2) is 18.4 Å². The van der Waals surface area contributed by atoms with Gasteiger partial charge < -0.3 is 10.6 Å². The quantitative estimate of drug-likeness (QED) is 0.889. The van der Waals surface area contributed by atoms with E-state index < -0.39 is 11.7 Å². The van der Waals surface area contributed by atoms with Gasteiger partial charge in [0.15, 0.2) is 0 Å². The number of aryl methyl sites for hydroxylation is 1. The van der Waals surface area contributed by atoms with Crippen LogP contribution in [0.2, 0.25) is 0 Å². The summed E-state index contributed by atoms with van der Waals surface area (Å²) in [4.78, 5) is 23.5. The first-order chi connectivity index (χ1) is 10.5. The van der Waals surface area contributed by atoms with E-state index in [2.05, 4.69) is 10.6 Å². The molecule has 0 aliphatic carbocycles. The molecular formula is C17H17FN2O2. The van der Waals surface area contributed by atoms with Gasteiger partial charge in [-0.1, -0.05) is 29.8 Å². The molecule has 114 valence electrons. The second-order valence-corrected chi connectivity index (χ2v) is 4.96. The molecule has 0 aliphatic heterocycles. The topological polar surface area (TPSA) is 58.2 Å². The Labute approximate surface area is 128 Å². The number of benzene rings is 2. The van der Waals surface area contributed by atoms with Crippen LogP contribution >= 0.6 is 0 Å². The molecule has 0 fully saturated rings. The van der Waals surface area contributed by atoms with Gasteiger partial charge in [0.05, 0.1) is 6.54 Å². The molecule has 0 saturated heterocycles. The maximum atomic E-state index is 12.8. The highest BCUT2D eigenvalue weighted by Gasteiger charge is 2.08. The third kappa shape index (κ3) is 4.70. The molecule has 2 amide bonds. The van der Waals surface area contributed by atoms with Gasteiger partial charge in [-0.25, -0.2) is 4.39 Å². The number of carbonyl (C=O) groups excluding carboxylic acids is 2. The Bertz CT molecular complexity index is 669. The molecule has 0 bridgehead atoms. The van der Waals surface area contributed by atoms with Gasteiger partial charge in [0.2, 0.25) is 5.91 Å². The Morgan fingerprint density at radius 2 is 1.77 bits per heavy atom. The molecule has 4 nitrogen and oxygen atoms in total. The van der Waals surface area contributed by atoms with E-state index in [0.717, 1.165) is 11.1 Å². The number of carbonyl (C=O) groups is 2. The Kier molecular flexibility index (Phi) is 5.25. The lowest BCUT2D eigenvalue weighted by molar-refractivity contribution is -0.120. The lowest BCUT2D eigenvalue weighted by Crippen LogP contribution is -2.36. The molecule has 0 aromatic heterocycles. The average Bonchev–Trinajstić information content (AvgIpc) is 2.51. The Morgan fingerprint density at radius 3 is 2.45 bits per heavy atom. The molecule has 22 heavy (non-hydrogen) atoms. The predicted molar refractivity (Wildman–Crippen MR) is 81.8 cm³/mol. The van der Waals surface area contributed by atoms with Crippen LogP contribution in [0.4, 0.5) is 4.39 Å². The average molecular weight is 300 g/mol. The van der Waals surface area contributed by atoms with Crippen LogP contribution < -0.4 is 10.6 Å². The second-order valence-electron chi connectivity index (χ2n) is 4.96. The highest BCUT2D eigenvalue weighted by atomic mass is 19.1. The summed E-state index contributed by atoms with van der Waals surface area (Å²) in [7, 11) is 0. The highest BCUT2D eigenvalue weighted by molar-refractivity contribution is 5.96. The monoisotopic (exact) mass is 300 g/mol. The number of amides is 2. The standard InChI is InChI=1S/C17H17FN2O2/c1-12-3-2-4-13(9-12)10-19-16(21)11-20-17(22)14-5-7-15(18)8-6-14/h2-9H,10-11H2,1H3,(H,19,21)(H,20,22). The fraction of sp³-hybridized carbons (Fsp3) is 0.176. The molecule has 0 spiro atoms. The first-order valence-electron chi connectivity index (χ1n) is 6.90. The zero-order valence-electron chi connectivity index (χ0n) is 12.2. The van der Waals surface area contributed by atoms with Crippen LogP contribution in [-0.2, 0) is 11.3 Å². The second kappa shape index (κ2) is 7.36. The minimum atomic E-state index is -0.411. The largest absolute Gasteiger partial charge is 0.350 e. The van der Waals surface area contributed by atoms with Crippen molar-refractivity contribution in [1.29, 1.82) is 0 Å². The van der Waals surface area contributed by atoms with Crippen molar-refractivity contribution in [2.75, 3.05) is 6.54 Å². The number of rotatable bonds is 5. The van der Waals surface area contributed by atoms with Gasteiger partial charge >= 0.3 is 0 Å². The van der Waals surface area contributed by atoms with Gasteiger partial charge in [-0.3, -0.25) is 9.59 Å². The zero-order chi connectivity index (χ0) is 15.9. The fourth-order valence-corrected chi connectivity index (χ4v) is 1.95. The minimum Gasteiger partial charge on any atom is -0.350 e. The Morgan fingerprint density at radius 1 is 1.05 bits per heavy atom. The van der Waals surface area contributed by atoms with Crippen molar-refractivity contribution in [3.63, 3.8) is 0 Å². The van der Waals surface area contributed by atoms with Crippen molar-refractivity contribution in [2.24, 2.45) is 0 Å². The smallest absolute Gasteiger partial charge is 0.251 e. The molecule has 0 saturated carbocycles. The van der Waals surface area contributed by atoms with Crippen molar-refractivity contribution in [3.05, 3.63) is 71.0 Å². The maximum absolute atomic E-state index is 12.8. The number of halogens is 1. The summed E-state index contributed by atoms with van der Waals surface area (Å²) >= 11 is 0. The van der Waals surface area contributed by atoms with Crippen LogP contribution in [0, 0.1) is 12.7 Å². The summed E-state index contributed by atoms with van der Waals surface area (Å²) in [5, 5.41) is 5.22. The van der Waals surface area contributed by atoms with Crippen LogP contribution in [0.1, 0.15) is 21.5 Å². The van der Waals surface area contributed by atoms with Gasteiger partial charge in [0.1, 0.15) is 5.82 Å². The van der Waals surface area contributed by atoms with Crippen molar-refractivity contribution in [1.82, 2.24) is 10.6 Å². The van der Waals surface area contributed by atoms with Crippen LogP contribution in [0.3, 0.4) is 0 Å². The summed E-state index contributed by atoms with van der Waals surface area (Å²) in [5.74, 6) is -1.10. The Balaban J connectivity index is 1.78. The lowest BCUT2D eigenvalue weighted by atomic mass is 10.1. The van der Waals surface area contributed by atoms with Crippen LogP contribution in [0.5, 0.6) is 0 Å². The number of hydrogen-bond donors (Lipinski definition) is 2. The molecule has 2 rings (SSSR count). The third-order valence-electron chi connectivity index (χ3n) is 3.09. The van der Waals surface area contributed by atoms with E-state index >= 15 is 0 Å². The van der Waals surface area contributed by atoms with Crippen LogP contribution in [0.25, 0.3) is 0 Å². The van der Waals surface area contributed by atoms with Crippen molar-refractivity contribution in [3.8, 4) is 0 Å². The minimum absolute atomic E-state index is 0.123. The van der Waals surface area contributed by atoms with Crippen molar-refractivity contribution >= 4 is 11.8 Å². The molecule has 0 heterocycles. The molecule has 5 heteroatoms. The molecule has 2 N–H and O–H groups in total. The highest BCUT2D eigenvalue weighted by Crippen LogP contribution is 2.03. The zero-order valence-corrected chi connectivity index (χ0v) is 12.2. The Hall–Kier alpha value is -2.69. The van der Waals surface area contributed by atoms with Crippen molar-refractivity contribution < 1.29 is 14.0 Å². The molecule has 0 unspecified atom stereocenters. The van der Waals surface area contributed by atoms with E-state index in [1.54, 1.807) is 0 Å². The molecule has 2 aromatic rings. The van der Waals surface area contributed by atoms with E-state index in [4.69, 9.17) is 0 Å². The van der Waals surface area contributed by atoms with E-state index in [1.807, 2.05) is 31.2 Å². The number of hydrogen-bond acceptors (Lipinski definition) is 2. The first-order valence-corrected chi connectivity index (χ1v) is 6.90. The van der Waals surface area contributed by atoms with Crippen molar-refractivity contribution in [2.45, 2.75) is 13.5 Å². The normalized spacial score (nSPS) is 10.1. The van der Waals surface area contributed by atoms with E-state index in [0.29, 0.717) is 12.1 Å². The van der Waals surface area contributed by atoms with Crippen LogP contribution in [0.15, 0.2) is 48.5 Å². The fourth-order valence-electron chi connectivity index (χ4n) is 1.95. The molecule has 0 aliphatic rings. The summed E-state index contributed by atoms with van der Waals surface area (Å²) in [6, 6.07) is 13.0. The SMILES string of the molecule is Cc1cccc(CNC(=O)CNC(=O)c2ccc(F)cc2)c1. The van der Waals surface area contributed by atoms with Gasteiger partial charge in [0, 0.05) is 12.1 Å². The molecule has 0 atom stereocenters. The molecule has 0 radical (unpaired) electrons. The maximum Gasteiger partial charge on any atom is 0.251 e. The van der Waals surface area contributed by atoms with Gasteiger partial charge in [-0.15, -0.1) is 0 Å². The van der Waals surface area contributed by atoms with Gasteiger partial charge in [-0.05, 0) is 36.8 Å². The summed E-state index contributed by atoms with van der Waals surface area (Å²) < 4.78 is 12.8. The molecular weight excluding hydrogens is 283 g/mol. The summed E-state index contributed by atoms with van der Waals surface area (Å²) in [6.07, 6.45) is 0. The summed E-state index contributed by atoms with van der Waals surface area (Å²) in [5.41, 5.74) is 2.43. The lowest BCUT2D eigenvalue weighted by Gasteiger charge is -2.07. The first kappa shape index (κ1) is 15.7. The van der Waals surface area contributed by atoms with E-state index in [1.165, 1.54) is 24.3 Å². The van der Waals surface area contributed by atoms with E-state index in [-0.39, 0.29) is 12.5 Å². The third-order valence-corrected chi connectivity index (χ3v) is 3.09. The van der Waals surface area contributed by atoms with E-state index in [9.17, 15) is 14.0 Å². The predicted octanol–water partition coefficient (Wildman–Crippen LogP) is 2.18. The summed E-state index contributed by atoms with van der Waals surface area (Å²) in [6.45, 7) is 2.27. The number of nitrogens with one attached hydrogen (secondary N) is 2. The van der Waals surface area contributed by atoms with Gasteiger partial charge in [-0.2, -0.15) is 0 Å². The van der Waals surface area contributed by atoms with Gasteiger partial charge in [0.25, 0.3) is 5.91 Å².